The van der Waals surface area contributed by atoms with Crippen molar-refractivity contribution in [3.05, 3.63) is 106 Å². The molecule has 0 radical (unpaired) electrons. The van der Waals surface area contributed by atoms with Crippen molar-refractivity contribution in [3.8, 4) is 11.3 Å². The van der Waals surface area contributed by atoms with Crippen LogP contribution >= 0.6 is 11.3 Å². The number of rotatable bonds is 6. The van der Waals surface area contributed by atoms with Crippen molar-refractivity contribution >= 4 is 22.2 Å². The van der Waals surface area contributed by atoms with Gasteiger partial charge in [0.1, 0.15) is 0 Å². The molecule has 0 saturated heterocycles. The van der Waals surface area contributed by atoms with Gasteiger partial charge in [-0.1, -0.05) is 72.3 Å². The van der Waals surface area contributed by atoms with Crippen LogP contribution in [0.2, 0.25) is 0 Å². The van der Waals surface area contributed by atoms with Crippen LogP contribution in [0.1, 0.15) is 34.7 Å². The van der Waals surface area contributed by atoms with Crippen molar-refractivity contribution in [2.45, 2.75) is 27.2 Å². The Labute approximate surface area is 182 Å². The number of nitrogens with zero attached hydrogens (tertiary/aromatic N) is 2. The van der Waals surface area contributed by atoms with Crippen LogP contribution < -0.4 is 5.43 Å². The standard InChI is InChI=1S/C26H25N3S/c1-18-9-10-19(2)24(15-18)25-17-30-26(27-25)29-28-20(3)23-13-11-22(12-14-23)16-21-7-5-4-6-8-21/h4-15,17H,16H2,1-3H3,(H,27,29)/b28-20-. The zero-order valence-corrected chi connectivity index (χ0v) is 18.3. The molecule has 0 aliphatic carbocycles. The fraction of sp³-hybridized carbons (Fsp3) is 0.154. The maximum absolute atomic E-state index is 4.71. The topological polar surface area (TPSA) is 37.3 Å². The minimum absolute atomic E-state index is 0.797. The molecule has 4 heteroatoms. The van der Waals surface area contributed by atoms with Crippen molar-refractivity contribution in [1.82, 2.24) is 4.98 Å². The normalized spacial score (nSPS) is 11.5. The molecule has 0 fully saturated rings. The lowest BCUT2D eigenvalue weighted by Gasteiger charge is -2.05. The van der Waals surface area contributed by atoms with Gasteiger partial charge >= 0.3 is 0 Å². The van der Waals surface area contributed by atoms with Crippen LogP contribution in [0.15, 0.2) is 83.3 Å². The van der Waals surface area contributed by atoms with E-state index >= 15 is 0 Å². The Morgan fingerprint density at radius 3 is 2.43 bits per heavy atom. The van der Waals surface area contributed by atoms with Crippen LogP contribution in [-0.2, 0) is 6.42 Å². The van der Waals surface area contributed by atoms with Crippen molar-refractivity contribution < 1.29 is 0 Å². The summed E-state index contributed by atoms with van der Waals surface area (Å²) in [4.78, 5) is 4.71. The number of aryl methyl sites for hydroxylation is 2. The second-order valence-corrected chi connectivity index (χ2v) is 8.38. The zero-order valence-electron chi connectivity index (χ0n) is 17.5. The summed E-state index contributed by atoms with van der Waals surface area (Å²) < 4.78 is 0. The highest BCUT2D eigenvalue weighted by Gasteiger charge is 2.08. The third kappa shape index (κ3) is 4.84. The summed E-state index contributed by atoms with van der Waals surface area (Å²) in [6.07, 6.45) is 0.940. The van der Waals surface area contributed by atoms with Gasteiger partial charge in [-0.25, -0.2) is 4.98 Å². The maximum Gasteiger partial charge on any atom is 0.203 e. The molecule has 1 aromatic heterocycles. The Hall–Kier alpha value is -3.24. The first-order valence-electron chi connectivity index (χ1n) is 10.1. The third-order valence-corrected chi connectivity index (χ3v) is 5.86. The number of nitrogens with one attached hydrogen (secondary N) is 1. The Morgan fingerprint density at radius 2 is 1.67 bits per heavy atom. The van der Waals surface area contributed by atoms with Crippen molar-refractivity contribution in [3.63, 3.8) is 0 Å². The number of thiazole rings is 1. The molecular formula is C26H25N3S. The summed E-state index contributed by atoms with van der Waals surface area (Å²) in [6.45, 7) is 6.23. The number of aromatic nitrogens is 1. The summed E-state index contributed by atoms with van der Waals surface area (Å²) in [7, 11) is 0. The van der Waals surface area contributed by atoms with E-state index in [0.717, 1.165) is 28.5 Å². The fourth-order valence-electron chi connectivity index (χ4n) is 3.35. The average Bonchev–Trinajstić information content (AvgIpc) is 3.24. The first kappa shape index (κ1) is 20.0. The summed E-state index contributed by atoms with van der Waals surface area (Å²) in [5.41, 5.74) is 12.4. The Morgan fingerprint density at radius 1 is 0.933 bits per heavy atom. The fourth-order valence-corrected chi connectivity index (χ4v) is 4.00. The van der Waals surface area contributed by atoms with E-state index in [1.54, 1.807) is 11.3 Å². The number of benzene rings is 3. The highest BCUT2D eigenvalue weighted by atomic mass is 32.1. The first-order chi connectivity index (χ1) is 14.6. The molecule has 3 aromatic carbocycles. The minimum Gasteiger partial charge on any atom is -0.252 e. The van der Waals surface area contributed by atoms with E-state index in [-0.39, 0.29) is 0 Å². The molecule has 3 nitrogen and oxygen atoms in total. The largest absolute Gasteiger partial charge is 0.252 e. The summed E-state index contributed by atoms with van der Waals surface area (Å²) in [5, 5.41) is 7.41. The van der Waals surface area contributed by atoms with Gasteiger partial charge in [-0.3, -0.25) is 5.43 Å². The van der Waals surface area contributed by atoms with E-state index in [4.69, 9.17) is 4.98 Å². The lowest BCUT2D eigenvalue weighted by Crippen LogP contribution is -2.00. The molecule has 0 spiro atoms. The van der Waals surface area contributed by atoms with Gasteiger partial charge in [0, 0.05) is 10.9 Å². The van der Waals surface area contributed by atoms with E-state index < -0.39 is 0 Å². The van der Waals surface area contributed by atoms with E-state index in [1.807, 2.05) is 13.0 Å². The zero-order chi connectivity index (χ0) is 20.9. The molecular weight excluding hydrogens is 386 g/mol. The highest BCUT2D eigenvalue weighted by Crippen LogP contribution is 2.28. The number of hydrogen-bond donors (Lipinski definition) is 1. The molecule has 1 heterocycles. The van der Waals surface area contributed by atoms with Crippen LogP contribution in [0.5, 0.6) is 0 Å². The molecule has 1 N–H and O–H groups in total. The lowest BCUT2D eigenvalue weighted by atomic mass is 10.0. The molecule has 0 unspecified atom stereocenters. The first-order valence-corrected chi connectivity index (χ1v) is 10.9. The predicted molar refractivity (Wildman–Crippen MR) is 129 cm³/mol. The predicted octanol–water partition coefficient (Wildman–Crippen LogP) is 6.85. The Balaban J connectivity index is 1.43. The average molecular weight is 412 g/mol. The quantitative estimate of drug-likeness (QED) is 0.278. The molecule has 0 atom stereocenters. The smallest absolute Gasteiger partial charge is 0.203 e. The van der Waals surface area contributed by atoms with Gasteiger partial charge < -0.3 is 0 Å². The Bertz CT molecular complexity index is 1160. The van der Waals surface area contributed by atoms with Gasteiger partial charge in [0.05, 0.1) is 11.4 Å². The molecule has 0 amide bonds. The molecule has 0 saturated carbocycles. The second kappa shape index (κ2) is 9.06. The van der Waals surface area contributed by atoms with E-state index in [1.165, 1.54) is 27.8 Å². The van der Waals surface area contributed by atoms with Crippen molar-refractivity contribution in [1.29, 1.82) is 0 Å². The monoisotopic (exact) mass is 411 g/mol. The number of hydrogen-bond acceptors (Lipinski definition) is 4. The summed E-state index contributed by atoms with van der Waals surface area (Å²) in [6, 6.07) is 25.6. The van der Waals surface area contributed by atoms with Crippen LogP contribution in [0, 0.1) is 13.8 Å². The third-order valence-electron chi connectivity index (χ3n) is 5.12. The number of hydrazone groups is 1. The molecule has 4 aromatic rings. The van der Waals surface area contributed by atoms with Gasteiger partial charge in [0.2, 0.25) is 5.13 Å². The summed E-state index contributed by atoms with van der Waals surface area (Å²) in [5.74, 6) is 0. The summed E-state index contributed by atoms with van der Waals surface area (Å²) >= 11 is 1.57. The van der Waals surface area contributed by atoms with Gasteiger partial charge in [0.25, 0.3) is 0 Å². The van der Waals surface area contributed by atoms with Crippen LogP contribution in [0.25, 0.3) is 11.3 Å². The maximum atomic E-state index is 4.71. The van der Waals surface area contributed by atoms with E-state index in [2.05, 4.69) is 96.5 Å². The van der Waals surface area contributed by atoms with Crippen LogP contribution in [0.4, 0.5) is 5.13 Å². The molecule has 0 aliphatic heterocycles. The molecule has 4 rings (SSSR count). The molecule has 30 heavy (non-hydrogen) atoms. The van der Waals surface area contributed by atoms with Gasteiger partial charge in [0.15, 0.2) is 0 Å². The van der Waals surface area contributed by atoms with Crippen LogP contribution in [-0.4, -0.2) is 10.7 Å². The lowest BCUT2D eigenvalue weighted by molar-refractivity contribution is 1.19. The van der Waals surface area contributed by atoms with E-state index in [9.17, 15) is 0 Å². The van der Waals surface area contributed by atoms with Crippen molar-refractivity contribution in [2.75, 3.05) is 5.43 Å². The minimum atomic E-state index is 0.797. The van der Waals surface area contributed by atoms with Gasteiger partial charge in [-0.05, 0) is 55.5 Å². The SMILES string of the molecule is C/C(=N/Nc1nc(-c2cc(C)ccc2C)cs1)c1ccc(Cc2ccccc2)cc1. The van der Waals surface area contributed by atoms with Crippen molar-refractivity contribution in [2.24, 2.45) is 5.10 Å². The highest BCUT2D eigenvalue weighted by molar-refractivity contribution is 7.14. The van der Waals surface area contributed by atoms with Gasteiger partial charge in [-0.2, -0.15) is 5.10 Å². The molecule has 150 valence electrons. The number of anilines is 1. The van der Waals surface area contributed by atoms with E-state index in [0.29, 0.717) is 0 Å². The van der Waals surface area contributed by atoms with Gasteiger partial charge in [-0.15, -0.1) is 11.3 Å². The molecule has 0 aliphatic rings. The molecule has 0 bridgehead atoms. The second-order valence-electron chi connectivity index (χ2n) is 7.52. The van der Waals surface area contributed by atoms with Crippen LogP contribution in [0.3, 0.4) is 0 Å². The Kier molecular flexibility index (Phi) is 6.05.